The van der Waals surface area contributed by atoms with Crippen LogP contribution < -0.4 is 0 Å². The van der Waals surface area contributed by atoms with Crippen molar-refractivity contribution in [2.24, 2.45) is 0 Å². The van der Waals surface area contributed by atoms with Crippen molar-refractivity contribution in [3.05, 3.63) is 77.4 Å². The molecular weight excluding hydrogens is 584 g/mol. The van der Waals surface area contributed by atoms with Crippen LogP contribution in [0.1, 0.15) is 10.5 Å². The number of sulfone groups is 1. The molecule has 0 N–H and O–H groups in total. The summed E-state index contributed by atoms with van der Waals surface area (Å²) in [5.74, 6) is -0.136. The summed E-state index contributed by atoms with van der Waals surface area (Å²) in [5.41, 5.74) is 2.53. The van der Waals surface area contributed by atoms with Crippen LogP contribution in [0.2, 0.25) is 5.02 Å². The molecule has 2 aliphatic heterocycles. The Morgan fingerprint density at radius 1 is 0.976 bits per heavy atom. The van der Waals surface area contributed by atoms with Crippen molar-refractivity contribution in [3.63, 3.8) is 0 Å². The summed E-state index contributed by atoms with van der Waals surface area (Å²) in [6.07, 6.45) is 1.00. The summed E-state index contributed by atoms with van der Waals surface area (Å²) in [6.45, 7) is 4.57. The molecule has 9 nitrogen and oxygen atoms in total. The normalized spacial score (nSPS) is 16.9. The molecule has 4 heterocycles. The zero-order chi connectivity index (χ0) is 28.6. The quantitative estimate of drug-likeness (QED) is 0.304. The van der Waals surface area contributed by atoms with Gasteiger partial charge in [0.2, 0.25) is 0 Å². The summed E-state index contributed by atoms with van der Waals surface area (Å²) in [6, 6.07) is 20.0. The number of para-hydroxylation sites is 1. The first kappa shape index (κ1) is 28.1. The summed E-state index contributed by atoms with van der Waals surface area (Å²) in [5, 5.41) is 5.25. The number of hydrogen-bond acceptors (Lipinski definition) is 8. The van der Waals surface area contributed by atoms with Gasteiger partial charge in [-0.1, -0.05) is 35.9 Å². The lowest BCUT2D eigenvalue weighted by Crippen LogP contribution is -2.50. The number of thiophene rings is 1. The number of nitrogens with zero attached hydrogens (tertiary/aromatic N) is 4. The summed E-state index contributed by atoms with van der Waals surface area (Å²) in [4.78, 5) is 19.7. The molecule has 2 aromatic heterocycles. The van der Waals surface area contributed by atoms with Gasteiger partial charge < -0.3 is 14.4 Å². The first-order valence-electron chi connectivity index (χ1n) is 13.3. The van der Waals surface area contributed by atoms with Gasteiger partial charge in [0, 0.05) is 43.9 Å². The smallest absolute Gasteiger partial charge is 0.274 e. The Balaban J connectivity index is 1.28. The predicted octanol–water partition coefficient (Wildman–Crippen LogP) is 4.46. The maximum absolute atomic E-state index is 13.6. The molecule has 214 valence electrons. The minimum Gasteiger partial charge on any atom is -0.349 e. The number of piperazine rings is 1. The van der Waals surface area contributed by atoms with E-state index in [2.05, 4.69) is 4.90 Å². The molecule has 0 atom stereocenters. The topological polar surface area (TPSA) is 94.0 Å². The van der Waals surface area contributed by atoms with Crippen LogP contribution in [0.4, 0.5) is 0 Å². The molecule has 6 rings (SSSR count). The highest BCUT2D eigenvalue weighted by Gasteiger charge is 2.28. The highest BCUT2D eigenvalue weighted by atomic mass is 35.5. The van der Waals surface area contributed by atoms with E-state index in [9.17, 15) is 13.2 Å². The van der Waals surface area contributed by atoms with Gasteiger partial charge in [-0.05, 0) is 48.0 Å². The fraction of sp³-hybridized carbons (Fsp3) is 0.310. The molecule has 0 bridgehead atoms. The van der Waals surface area contributed by atoms with E-state index in [4.69, 9.17) is 26.2 Å². The highest BCUT2D eigenvalue weighted by Crippen LogP contribution is 2.37. The van der Waals surface area contributed by atoms with Crippen molar-refractivity contribution in [2.75, 3.05) is 52.2 Å². The fourth-order valence-electron chi connectivity index (χ4n) is 5.00. The van der Waals surface area contributed by atoms with Gasteiger partial charge >= 0.3 is 0 Å². The van der Waals surface area contributed by atoms with E-state index in [0.29, 0.717) is 49.3 Å². The molecule has 0 spiro atoms. The molecule has 1 amide bonds. The van der Waals surface area contributed by atoms with E-state index < -0.39 is 9.84 Å². The van der Waals surface area contributed by atoms with Gasteiger partial charge in [-0.15, -0.1) is 11.3 Å². The van der Waals surface area contributed by atoms with Crippen LogP contribution >= 0.6 is 22.9 Å². The summed E-state index contributed by atoms with van der Waals surface area (Å²) in [7, 11) is -3.33. The molecule has 0 unspecified atom stereocenters. The van der Waals surface area contributed by atoms with Crippen molar-refractivity contribution in [3.8, 4) is 26.7 Å². The molecule has 0 radical (unpaired) electrons. The van der Waals surface area contributed by atoms with E-state index in [1.807, 2.05) is 41.3 Å². The summed E-state index contributed by atoms with van der Waals surface area (Å²) >= 11 is 8.06. The van der Waals surface area contributed by atoms with Crippen molar-refractivity contribution >= 4 is 38.7 Å². The molecule has 2 fully saturated rings. The second kappa shape index (κ2) is 11.7. The SMILES string of the molecule is CS(=O)(=O)c1cccc(-c2ccc(-c3cc(C(=O)N4CCN(CC5OCCO5)CC4)nn3-c3ccccc3Cl)s2)c1. The number of rotatable bonds is 7. The van der Waals surface area contributed by atoms with Gasteiger partial charge in [0.15, 0.2) is 21.8 Å². The third-order valence-corrected chi connectivity index (χ3v) is 9.76. The Bertz CT molecular complexity index is 1670. The summed E-state index contributed by atoms with van der Waals surface area (Å²) < 4.78 is 37.0. The van der Waals surface area contributed by atoms with E-state index in [0.717, 1.165) is 34.1 Å². The first-order valence-corrected chi connectivity index (χ1v) is 16.4. The van der Waals surface area contributed by atoms with Crippen LogP contribution in [-0.2, 0) is 19.3 Å². The Kier molecular flexibility index (Phi) is 7.99. The molecule has 2 aromatic carbocycles. The number of aromatic nitrogens is 2. The number of carbonyl (C=O) groups is 1. The molecule has 41 heavy (non-hydrogen) atoms. The monoisotopic (exact) mass is 612 g/mol. The van der Waals surface area contributed by atoms with Crippen LogP contribution in [-0.4, -0.2) is 92.4 Å². The fourth-order valence-corrected chi connectivity index (χ4v) is 6.88. The zero-order valence-electron chi connectivity index (χ0n) is 22.4. The Morgan fingerprint density at radius 2 is 1.71 bits per heavy atom. The Hall–Kier alpha value is -3.06. The van der Waals surface area contributed by atoms with E-state index in [-0.39, 0.29) is 17.1 Å². The van der Waals surface area contributed by atoms with Crippen molar-refractivity contribution < 1.29 is 22.7 Å². The number of halogens is 1. The molecular formula is C29H29ClN4O5S2. The van der Waals surface area contributed by atoms with Gasteiger partial charge in [-0.25, -0.2) is 13.1 Å². The number of ether oxygens (including phenoxy) is 2. The lowest BCUT2D eigenvalue weighted by molar-refractivity contribution is -0.0664. The van der Waals surface area contributed by atoms with Crippen LogP contribution in [0.5, 0.6) is 0 Å². The first-order chi connectivity index (χ1) is 19.8. The van der Waals surface area contributed by atoms with Gasteiger partial charge in [0.1, 0.15) is 0 Å². The lowest BCUT2D eigenvalue weighted by Gasteiger charge is -2.35. The van der Waals surface area contributed by atoms with E-state index in [1.54, 1.807) is 35.0 Å². The van der Waals surface area contributed by atoms with Crippen LogP contribution in [0, 0.1) is 0 Å². The van der Waals surface area contributed by atoms with E-state index >= 15 is 0 Å². The maximum atomic E-state index is 13.6. The number of benzene rings is 2. The average Bonchev–Trinajstić information content (AvgIpc) is 3.74. The Morgan fingerprint density at radius 3 is 2.44 bits per heavy atom. The number of hydrogen-bond donors (Lipinski definition) is 0. The number of amides is 1. The predicted molar refractivity (Wildman–Crippen MR) is 158 cm³/mol. The second-order valence-corrected chi connectivity index (χ2v) is 13.5. The van der Waals surface area contributed by atoms with Gasteiger partial charge in [-0.3, -0.25) is 9.69 Å². The molecule has 4 aromatic rings. The third kappa shape index (κ3) is 6.11. The standard InChI is InChI=1S/C29H29ClN4O5S2/c1-41(36,37)21-6-4-5-20(17-21)26-9-10-27(40-26)25-18-23(31-34(25)24-8-3-2-7-22(24)30)29(35)33-13-11-32(12-14-33)19-28-38-15-16-39-28/h2-10,17-18,28H,11-16,19H2,1H3. The number of carbonyl (C=O) groups excluding carboxylic acids is 1. The maximum Gasteiger partial charge on any atom is 0.274 e. The van der Waals surface area contributed by atoms with Gasteiger partial charge in [0.25, 0.3) is 5.91 Å². The zero-order valence-corrected chi connectivity index (χ0v) is 24.8. The minimum atomic E-state index is -3.33. The molecule has 0 aliphatic carbocycles. The third-order valence-electron chi connectivity index (χ3n) is 7.17. The molecule has 12 heteroatoms. The molecule has 2 aliphatic rings. The van der Waals surface area contributed by atoms with Gasteiger partial charge in [-0.2, -0.15) is 5.10 Å². The van der Waals surface area contributed by atoms with E-state index in [1.165, 1.54) is 17.6 Å². The molecule has 2 saturated heterocycles. The Labute approximate surface area is 247 Å². The lowest BCUT2D eigenvalue weighted by atomic mass is 10.2. The van der Waals surface area contributed by atoms with Crippen molar-refractivity contribution in [1.29, 1.82) is 0 Å². The molecule has 0 saturated carbocycles. The van der Waals surface area contributed by atoms with Crippen molar-refractivity contribution in [2.45, 2.75) is 11.2 Å². The highest BCUT2D eigenvalue weighted by molar-refractivity contribution is 7.90. The van der Waals surface area contributed by atoms with Crippen molar-refractivity contribution in [1.82, 2.24) is 19.6 Å². The van der Waals surface area contributed by atoms with Gasteiger partial charge in [0.05, 0.1) is 39.4 Å². The minimum absolute atomic E-state index is 0.136. The largest absolute Gasteiger partial charge is 0.349 e. The average molecular weight is 613 g/mol. The second-order valence-electron chi connectivity index (χ2n) is 10.0. The van der Waals surface area contributed by atoms with Crippen LogP contribution in [0.15, 0.2) is 71.6 Å². The van der Waals surface area contributed by atoms with Crippen LogP contribution in [0.25, 0.3) is 26.7 Å². The van der Waals surface area contributed by atoms with Crippen LogP contribution in [0.3, 0.4) is 0 Å².